The summed E-state index contributed by atoms with van der Waals surface area (Å²) >= 11 is 0. The highest BCUT2D eigenvalue weighted by Gasteiger charge is 2.31. The molecule has 1 aliphatic carbocycles. The lowest BCUT2D eigenvalue weighted by molar-refractivity contribution is -0.137. The number of nitrogens with one attached hydrogen (secondary N) is 2. The van der Waals surface area contributed by atoms with Crippen LogP contribution < -0.4 is 10.1 Å². The fraction of sp³-hybridized carbons (Fsp3) is 0.550. The van der Waals surface area contributed by atoms with E-state index in [0.717, 1.165) is 42.1 Å². The summed E-state index contributed by atoms with van der Waals surface area (Å²) < 4.78 is 43.4. The minimum atomic E-state index is -4.41. The van der Waals surface area contributed by atoms with Crippen molar-refractivity contribution in [1.29, 1.82) is 0 Å². The molecule has 1 saturated carbocycles. The molecule has 2 N–H and O–H groups in total. The van der Waals surface area contributed by atoms with E-state index in [2.05, 4.69) is 20.5 Å². The van der Waals surface area contributed by atoms with Crippen molar-refractivity contribution < 1.29 is 22.7 Å². The predicted molar refractivity (Wildman–Crippen MR) is 100 cm³/mol. The number of aromatic amines is 1. The Morgan fingerprint density at radius 3 is 2.52 bits per heavy atom. The third kappa shape index (κ3) is 5.71. The molecule has 9 heteroatoms. The van der Waals surface area contributed by atoms with Crippen LogP contribution in [0.1, 0.15) is 54.6 Å². The molecule has 0 saturated heterocycles. The van der Waals surface area contributed by atoms with E-state index in [4.69, 9.17) is 4.74 Å². The van der Waals surface area contributed by atoms with Crippen molar-refractivity contribution in [3.05, 3.63) is 40.8 Å². The maximum Gasteiger partial charge on any atom is 0.417 e. The van der Waals surface area contributed by atoms with E-state index in [-0.39, 0.29) is 23.9 Å². The Hall–Kier alpha value is -2.58. The van der Waals surface area contributed by atoms with E-state index in [1.807, 2.05) is 13.8 Å². The fourth-order valence-corrected chi connectivity index (χ4v) is 3.59. The summed E-state index contributed by atoms with van der Waals surface area (Å²) in [5.41, 5.74) is 2.20. The van der Waals surface area contributed by atoms with Gasteiger partial charge in [0, 0.05) is 30.4 Å². The number of nitrogens with zero attached hydrogens (tertiary/aromatic N) is 2. The molecular formula is C20H25F3N4O2. The van der Waals surface area contributed by atoms with Crippen LogP contribution in [0.2, 0.25) is 0 Å². The molecule has 0 spiro atoms. The normalized spacial score (nSPS) is 19.8. The first-order valence-electron chi connectivity index (χ1n) is 9.72. The number of halogens is 3. The Kier molecular flexibility index (Phi) is 6.44. The number of pyridine rings is 1. The first kappa shape index (κ1) is 21.1. The topological polar surface area (TPSA) is 79.9 Å². The Labute approximate surface area is 167 Å². The summed E-state index contributed by atoms with van der Waals surface area (Å²) in [5, 5.41) is 10.1. The van der Waals surface area contributed by atoms with E-state index in [1.165, 1.54) is 6.07 Å². The van der Waals surface area contributed by atoms with Crippen LogP contribution in [0.3, 0.4) is 0 Å². The average molecular weight is 410 g/mol. The van der Waals surface area contributed by atoms with Crippen molar-refractivity contribution in [2.75, 3.05) is 0 Å². The van der Waals surface area contributed by atoms with Gasteiger partial charge in [-0.1, -0.05) is 0 Å². The van der Waals surface area contributed by atoms with Crippen LogP contribution in [-0.2, 0) is 17.4 Å². The van der Waals surface area contributed by atoms with Crippen LogP contribution in [-0.4, -0.2) is 33.2 Å². The fourth-order valence-electron chi connectivity index (χ4n) is 3.59. The van der Waals surface area contributed by atoms with E-state index in [9.17, 15) is 18.0 Å². The van der Waals surface area contributed by atoms with Gasteiger partial charge in [0.25, 0.3) is 0 Å². The summed E-state index contributed by atoms with van der Waals surface area (Å²) in [4.78, 5) is 16.0. The SMILES string of the molecule is Cc1n[nH]c(C)c1CCC(=O)NC1CCC(Oc2ccc(C(F)(F)F)cn2)CC1. The van der Waals surface area contributed by atoms with Gasteiger partial charge in [-0.05, 0) is 57.6 Å². The molecule has 2 aromatic heterocycles. The van der Waals surface area contributed by atoms with Gasteiger partial charge in [-0.2, -0.15) is 18.3 Å². The minimum absolute atomic E-state index is 0.0128. The van der Waals surface area contributed by atoms with Crippen LogP contribution in [0.25, 0.3) is 0 Å². The Bertz CT molecular complexity index is 806. The molecule has 0 atom stereocenters. The van der Waals surface area contributed by atoms with E-state index < -0.39 is 11.7 Å². The summed E-state index contributed by atoms with van der Waals surface area (Å²) in [6, 6.07) is 2.31. The maximum atomic E-state index is 12.6. The molecule has 2 aromatic rings. The second kappa shape index (κ2) is 8.84. The van der Waals surface area contributed by atoms with Gasteiger partial charge in [0.2, 0.25) is 11.8 Å². The zero-order chi connectivity index (χ0) is 21.0. The summed E-state index contributed by atoms with van der Waals surface area (Å²) in [6.45, 7) is 3.86. The highest BCUT2D eigenvalue weighted by molar-refractivity contribution is 5.76. The number of amides is 1. The lowest BCUT2D eigenvalue weighted by Crippen LogP contribution is -2.39. The van der Waals surface area contributed by atoms with Crippen molar-refractivity contribution in [2.45, 2.75) is 70.7 Å². The van der Waals surface area contributed by atoms with Crippen LogP contribution in [0.4, 0.5) is 13.2 Å². The standard InChI is InChI=1S/C20H25F3N4O2/c1-12-17(13(2)27-26-12)8-9-18(28)25-15-4-6-16(7-5-15)29-19-10-3-14(11-24-19)20(21,22)23/h3,10-11,15-16H,4-9H2,1-2H3,(H,25,28)(H,26,27). The van der Waals surface area contributed by atoms with Crippen molar-refractivity contribution >= 4 is 5.91 Å². The minimum Gasteiger partial charge on any atom is -0.474 e. The summed E-state index contributed by atoms with van der Waals surface area (Å²) in [5.74, 6) is 0.204. The van der Waals surface area contributed by atoms with E-state index >= 15 is 0 Å². The third-order valence-corrected chi connectivity index (χ3v) is 5.27. The van der Waals surface area contributed by atoms with Crippen molar-refractivity contribution in [1.82, 2.24) is 20.5 Å². The van der Waals surface area contributed by atoms with Crippen LogP contribution in [0, 0.1) is 13.8 Å². The largest absolute Gasteiger partial charge is 0.474 e. The number of hydrogen-bond donors (Lipinski definition) is 2. The lowest BCUT2D eigenvalue weighted by Gasteiger charge is -2.29. The van der Waals surface area contributed by atoms with Gasteiger partial charge >= 0.3 is 6.18 Å². The number of alkyl halides is 3. The second-order valence-electron chi connectivity index (χ2n) is 7.45. The molecule has 1 fully saturated rings. The number of carbonyl (C=O) groups excluding carboxylic acids is 1. The molecule has 3 rings (SSSR count). The van der Waals surface area contributed by atoms with Gasteiger partial charge in [-0.25, -0.2) is 4.98 Å². The Morgan fingerprint density at radius 2 is 1.97 bits per heavy atom. The van der Waals surface area contributed by atoms with Gasteiger partial charge < -0.3 is 10.1 Å². The van der Waals surface area contributed by atoms with Crippen LogP contribution in [0.5, 0.6) is 5.88 Å². The molecule has 0 bridgehead atoms. The van der Waals surface area contributed by atoms with Crippen molar-refractivity contribution in [2.24, 2.45) is 0 Å². The molecule has 1 amide bonds. The van der Waals surface area contributed by atoms with Crippen molar-refractivity contribution in [3.8, 4) is 5.88 Å². The molecule has 29 heavy (non-hydrogen) atoms. The van der Waals surface area contributed by atoms with Crippen LogP contribution in [0.15, 0.2) is 18.3 Å². The number of rotatable bonds is 6. The molecule has 1 aliphatic rings. The zero-order valence-electron chi connectivity index (χ0n) is 16.5. The lowest BCUT2D eigenvalue weighted by atomic mass is 9.92. The van der Waals surface area contributed by atoms with E-state index in [1.54, 1.807) is 0 Å². The zero-order valence-corrected chi connectivity index (χ0v) is 16.5. The number of carbonyl (C=O) groups is 1. The first-order valence-corrected chi connectivity index (χ1v) is 9.72. The first-order chi connectivity index (χ1) is 13.7. The number of ether oxygens (including phenoxy) is 1. The Balaban J connectivity index is 1.40. The van der Waals surface area contributed by atoms with Gasteiger partial charge in [0.15, 0.2) is 0 Å². The average Bonchev–Trinajstić information content (AvgIpc) is 2.99. The van der Waals surface area contributed by atoms with Gasteiger partial charge in [0.05, 0.1) is 11.3 Å². The monoisotopic (exact) mass is 410 g/mol. The number of H-pyrrole nitrogens is 1. The second-order valence-corrected chi connectivity index (χ2v) is 7.45. The molecule has 2 heterocycles. The van der Waals surface area contributed by atoms with Gasteiger partial charge in [-0.15, -0.1) is 0 Å². The van der Waals surface area contributed by atoms with Gasteiger partial charge in [0.1, 0.15) is 6.10 Å². The number of hydrogen-bond acceptors (Lipinski definition) is 4. The number of aryl methyl sites for hydroxylation is 2. The molecule has 0 aromatic carbocycles. The third-order valence-electron chi connectivity index (χ3n) is 5.27. The molecule has 6 nitrogen and oxygen atoms in total. The maximum absolute atomic E-state index is 12.6. The molecule has 158 valence electrons. The van der Waals surface area contributed by atoms with Crippen molar-refractivity contribution in [3.63, 3.8) is 0 Å². The van der Waals surface area contributed by atoms with Crippen LogP contribution >= 0.6 is 0 Å². The number of aromatic nitrogens is 3. The summed E-state index contributed by atoms with van der Waals surface area (Å²) in [7, 11) is 0. The Morgan fingerprint density at radius 1 is 1.24 bits per heavy atom. The van der Waals surface area contributed by atoms with E-state index in [0.29, 0.717) is 25.7 Å². The highest BCUT2D eigenvalue weighted by Crippen LogP contribution is 2.30. The molecule has 0 radical (unpaired) electrons. The molecule has 0 unspecified atom stereocenters. The smallest absolute Gasteiger partial charge is 0.417 e. The quantitative estimate of drug-likeness (QED) is 0.758. The summed E-state index contributed by atoms with van der Waals surface area (Å²) in [6.07, 6.45) is 0.290. The molecular weight excluding hydrogens is 385 g/mol. The highest BCUT2D eigenvalue weighted by atomic mass is 19.4. The van der Waals surface area contributed by atoms with Gasteiger partial charge in [-0.3, -0.25) is 9.89 Å². The predicted octanol–water partition coefficient (Wildman–Crippen LogP) is 3.88. The molecule has 0 aliphatic heterocycles.